The summed E-state index contributed by atoms with van der Waals surface area (Å²) >= 11 is 0. The minimum Gasteiger partial charge on any atom is -0.406 e. The summed E-state index contributed by atoms with van der Waals surface area (Å²) in [6.45, 7) is 2.51. The second kappa shape index (κ2) is 5.40. The first kappa shape index (κ1) is 11.5. The quantitative estimate of drug-likeness (QED) is 0.804. The van der Waals surface area contributed by atoms with Crippen LogP contribution in [0.15, 0.2) is 28.9 Å². The number of pyridine rings is 1. The van der Waals surface area contributed by atoms with Crippen molar-refractivity contribution < 1.29 is 4.42 Å². The van der Waals surface area contributed by atoms with Crippen LogP contribution in [0.3, 0.4) is 0 Å². The van der Waals surface area contributed by atoms with Crippen molar-refractivity contribution >= 4 is 6.01 Å². The fourth-order valence-corrected chi connectivity index (χ4v) is 1.35. The highest BCUT2D eigenvalue weighted by Crippen LogP contribution is 2.11. The van der Waals surface area contributed by atoms with Gasteiger partial charge in [-0.3, -0.25) is 4.98 Å². The molecule has 2 aromatic heterocycles. The lowest BCUT2D eigenvalue weighted by atomic mass is 10.2. The number of nitrogens with zero attached hydrogens (tertiary/aromatic N) is 3. The molecule has 0 aromatic carbocycles. The minimum atomic E-state index is -0.239. The van der Waals surface area contributed by atoms with Crippen LogP contribution in [0.4, 0.5) is 6.01 Å². The first-order valence-electron chi connectivity index (χ1n) is 5.47. The molecule has 0 aliphatic rings. The van der Waals surface area contributed by atoms with Crippen molar-refractivity contribution in [1.29, 1.82) is 0 Å². The molecule has 3 N–H and O–H groups in total. The van der Waals surface area contributed by atoms with Crippen LogP contribution in [0.5, 0.6) is 0 Å². The Balaban J connectivity index is 1.82. The molecular weight excluding hydrogens is 218 g/mol. The SMILES string of the molecule is CC(N)c1nnc(NCCc2cccnc2)o1. The van der Waals surface area contributed by atoms with Gasteiger partial charge in [0.15, 0.2) is 0 Å². The predicted molar refractivity (Wildman–Crippen MR) is 63.3 cm³/mol. The summed E-state index contributed by atoms with van der Waals surface area (Å²) in [6.07, 6.45) is 4.44. The molecule has 0 saturated heterocycles. The van der Waals surface area contributed by atoms with Crippen LogP contribution in [0.25, 0.3) is 0 Å². The molecule has 2 heterocycles. The molecule has 0 fully saturated rings. The fraction of sp³-hybridized carbons (Fsp3) is 0.364. The van der Waals surface area contributed by atoms with E-state index in [1.54, 1.807) is 13.1 Å². The van der Waals surface area contributed by atoms with Crippen LogP contribution >= 0.6 is 0 Å². The fourth-order valence-electron chi connectivity index (χ4n) is 1.35. The van der Waals surface area contributed by atoms with Crippen molar-refractivity contribution in [1.82, 2.24) is 15.2 Å². The Labute approximate surface area is 99.3 Å². The van der Waals surface area contributed by atoms with Gasteiger partial charge in [0, 0.05) is 18.9 Å². The number of nitrogens with two attached hydrogens (primary N) is 1. The maximum absolute atomic E-state index is 5.61. The zero-order valence-electron chi connectivity index (χ0n) is 9.63. The van der Waals surface area contributed by atoms with Gasteiger partial charge in [-0.15, -0.1) is 5.10 Å². The maximum atomic E-state index is 5.61. The molecule has 2 aromatic rings. The van der Waals surface area contributed by atoms with Gasteiger partial charge < -0.3 is 15.5 Å². The van der Waals surface area contributed by atoms with E-state index in [9.17, 15) is 0 Å². The number of rotatable bonds is 5. The normalized spacial score (nSPS) is 12.4. The van der Waals surface area contributed by atoms with E-state index >= 15 is 0 Å². The highest BCUT2D eigenvalue weighted by molar-refractivity contribution is 5.19. The van der Waals surface area contributed by atoms with Crippen LogP contribution in [0.1, 0.15) is 24.4 Å². The minimum absolute atomic E-state index is 0.239. The molecule has 0 amide bonds. The summed E-state index contributed by atoms with van der Waals surface area (Å²) < 4.78 is 5.31. The van der Waals surface area contributed by atoms with E-state index < -0.39 is 0 Å². The van der Waals surface area contributed by atoms with Gasteiger partial charge in [-0.1, -0.05) is 11.2 Å². The van der Waals surface area contributed by atoms with Crippen LogP contribution in [-0.4, -0.2) is 21.7 Å². The van der Waals surface area contributed by atoms with Gasteiger partial charge in [-0.05, 0) is 25.0 Å². The van der Waals surface area contributed by atoms with E-state index in [2.05, 4.69) is 20.5 Å². The molecular formula is C11H15N5O. The summed E-state index contributed by atoms with van der Waals surface area (Å²) in [7, 11) is 0. The first-order chi connectivity index (χ1) is 8.25. The lowest BCUT2D eigenvalue weighted by molar-refractivity contribution is 0.473. The Bertz CT molecular complexity index is 454. The van der Waals surface area contributed by atoms with E-state index in [0.29, 0.717) is 18.5 Å². The van der Waals surface area contributed by atoms with Gasteiger partial charge in [-0.25, -0.2) is 0 Å². The third-order valence-corrected chi connectivity index (χ3v) is 2.24. The summed E-state index contributed by atoms with van der Waals surface area (Å²) in [4.78, 5) is 4.04. The van der Waals surface area contributed by atoms with Crippen LogP contribution in [0, 0.1) is 0 Å². The largest absolute Gasteiger partial charge is 0.406 e. The molecule has 0 saturated carbocycles. The summed E-state index contributed by atoms with van der Waals surface area (Å²) in [6, 6.07) is 4.10. The smallest absolute Gasteiger partial charge is 0.315 e. The Kier molecular flexibility index (Phi) is 3.66. The Hall–Kier alpha value is -1.95. The van der Waals surface area contributed by atoms with E-state index in [0.717, 1.165) is 12.0 Å². The maximum Gasteiger partial charge on any atom is 0.315 e. The Morgan fingerprint density at radius 2 is 2.35 bits per heavy atom. The van der Waals surface area contributed by atoms with E-state index in [1.807, 2.05) is 18.3 Å². The lowest BCUT2D eigenvalue weighted by Gasteiger charge is -2.01. The van der Waals surface area contributed by atoms with E-state index in [-0.39, 0.29) is 6.04 Å². The average molecular weight is 233 g/mol. The monoisotopic (exact) mass is 233 g/mol. The number of hydrogen-bond donors (Lipinski definition) is 2. The lowest BCUT2D eigenvalue weighted by Crippen LogP contribution is -2.05. The van der Waals surface area contributed by atoms with Gasteiger partial charge in [0.25, 0.3) is 0 Å². The zero-order valence-corrected chi connectivity index (χ0v) is 9.63. The van der Waals surface area contributed by atoms with Crippen LogP contribution in [-0.2, 0) is 6.42 Å². The predicted octanol–water partition coefficient (Wildman–Crippen LogP) is 1.14. The summed E-state index contributed by atoms with van der Waals surface area (Å²) in [5.74, 6) is 0.439. The number of aromatic nitrogens is 3. The third-order valence-electron chi connectivity index (χ3n) is 2.24. The number of nitrogens with one attached hydrogen (secondary N) is 1. The molecule has 0 radical (unpaired) electrons. The van der Waals surface area contributed by atoms with Crippen molar-refractivity contribution in [3.05, 3.63) is 36.0 Å². The molecule has 1 unspecified atom stereocenters. The standard InChI is InChI=1S/C11H15N5O/c1-8(12)10-15-16-11(17-10)14-6-4-9-3-2-5-13-7-9/h2-3,5,7-8H,4,6,12H2,1H3,(H,14,16). The van der Waals surface area contributed by atoms with Crippen molar-refractivity contribution in [2.75, 3.05) is 11.9 Å². The Morgan fingerprint density at radius 1 is 1.47 bits per heavy atom. The molecule has 90 valence electrons. The molecule has 2 rings (SSSR count). The first-order valence-corrected chi connectivity index (χ1v) is 5.47. The third kappa shape index (κ3) is 3.25. The summed E-state index contributed by atoms with van der Waals surface area (Å²) in [5, 5.41) is 10.7. The van der Waals surface area contributed by atoms with Crippen LogP contribution in [0.2, 0.25) is 0 Å². The topological polar surface area (TPSA) is 89.9 Å². The van der Waals surface area contributed by atoms with Crippen molar-refractivity contribution in [3.63, 3.8) is 0 Å². The van der Waals surface area contributed by atoms with E-state index in [1.165, 1.54) is 0 Å². The molecule has 17 heavy (non-hydrogen) atoms. The Morgan fingerprint density at radius 3 is 3.00 bits per heavy atom. The van der Waals surface area contributed by atoms with Gasteiger partial charge in [0.2, 0.25) is 5.89 Å². The molecule has 1 atom stereocenters. The van der Waals surface area contributed by atoms with Crippen LogP contribution < -0.4 is 11.1 Å². The zero-order chi connectivity index (χ0) is 12.1. The highest BCUT2D eigenvalue weighted by atomic mass is 16.4. The van der Waals surface area contributed by atoms with Gasteiger partial charge >= 0.3 is 6.01 Å². The van der Waals surface area contributed by atoms with E-state index in [4.69, 9.17) is 10.2 Å². The molecule has 0 spiro atoms. The molecule has 6 nitrogen and oxygen atoms in total. The van der Waals surface area contributed by atoms with Crippen molar-refractivity contribution in [3.8, 4) is 0 Å². The second-order valence-electron chi connectivity index (χ2n) is 3.77. The average Bonchev–Trinajstić information content (AvgIpc) is 2.79. The molecule has 0 bridgehead atoms. The van der Waals surface area contributed by atoms with Crippen molar-refractivity contribution in [2.45, 2.75) is 19.4 Å². The molecule has 0 aliphatic carbocycles. The van der Waals surface area contributed by atoms with Gasteiger partial charge in [0.05, 0.1) is 6.04 Å². The van der Waals surface area contributed by atoms with Gasteiger partial charge in [-0.2, -0.15) is 0 Å². The second-order valence-corrected chi connectivity index (χ2v) is 3.77. The summed E-state index contributed by atoms with van der Waals surface area (Å²) in [5.41, 5.74) is 6.77. The van der Waals surface area contributed by atoms with Gasteiger partial charge in [0.1, 0.15) is 0 Å². The molecule has 0 aliphatic heterocycles. The number of hydrogen-bond acceptors (Lipinski definition) is 6. The molecule has 6 heteroatoms. The highest BCUT2D eigenvalue weighted by Gasteiger charge is 2.08. The van der Waals surface area contributed by atoms with Crippen molar-refractivity contribution in [2.24, 2.45) is 5.73 Å². The number of anilines is 1.